The van der Waals surface area contributed by atoms with Crippen LogP contribution in [0.4, 0.5) is 11.5 Å². The molecule has 0 amide bonds. The first-order valence-electron chi connectivity index (χ1n) is 4.81. The van der Waals surface area contributed by atoms with Crippen LogP contribution in [0.3, 0.4) is 0 Å². The second-order valence-electron chi connectivity index (χ2n) is 3.90. The molecule has 14 heavy (non-hydrogen) atoms. The number of β-amino-alcohol motifs (C(OH)–C–C–N with tert-alkyl or cyclic N) is 1. The smallest absolute Gasteiger partial charge is 0.128 e. The van der Waals surface area contributed by atoms with E-state index in [4.69, 9.17) is 5.73 Å². The molecule has 0 bridgehead atoms. The molecule has 3 N–H and O–H groups in total. The SMILES string of the molecule is CC1CN(c2ccc(N)cn2)CC1O. The molecular formula is C10H15N3O. The molecule has 76 valence electrons. The zero-order valence-electron chi connectivity index (χ0n) is 8.22. The Hall–Kier alpha value is -1.29. The van der Waals surface area contributed by atoms with Crippen LogP contribution >= 0.6 is 0 Å². The molecular weight excluding hydrogens is 178 g/mol. The number of rotatable bonds is 1. The summed E-state index contributed by atoms with van der Waals surface area (Å²) in [4.78, 5) is 6.30. The van der Waals surface area contributed by atoms with Crippen molar-refractivity contribution in [2.24, 2.45) is 5.92 Å². The highest BCUT2D eigenvalue weighted by molar-refractivity contribution is 5.46. The van der Waals surface area contributed by atoms with Crippen LogP contribution < -0.4 is 10.6 Å². The van der Waals surface area contributed by atoms with Gasteiger partial charge < -0.3 is 15.7 Å². The summed E-state index contributed by atoms with van der Waals surface area (Å²) in [6.07, 6.45) is 1.40. The van der Waals surface area contributed by atoms with Gasteiger partial charge in [-0.25, -0.2) is 4.98 Å². The van der Waals surface area contributed by atoms with Crippen molar-refractivity contribution in [2.45, 2.75) is 13.0 Å². The van der Waals surface area contributed by atoms with Crippen molar-refractivity contribution in [1.82, 2.24) is 4.98 Å². The summed E-state index contributed by atoms with van der Waals surface area (Å²) in [5, 5.41) is 9.59. The predicted octanol–water partition coefficient (Wildman–Crippen LogP) is 0.481. The predicted molar refractivity (Wildman–Crippen MR) is 56.0 cm³/mol. The van der Waals surface area contributed by atoms with Crippen molar-refractivity contribution in [3.8, 4) is 0 Å². The van der Waals surface area contributed by atoms with E-state index in [9.17, 15) is 5.11 Å². The van der Waals surface area contributed by atoms with Gasteiger partial charge in [0.15, 0.2) is 0 Å². The highest BCUT2D eigenvalue weighted by atomic mass is 16.3. The number of aliphatic hydroxyl groups excluding tert-OH is 1. The standard InChI is InChI=1S/C10H15N3O/c1-7-5-13(6-9(7)14)10-3-2-8(11)4-12-10/h2-4,7,9,14H,5-6,11H2,1H3. The van der Waals surface area contributed by atoms with Gasteiger partial charge in [0.05, 0.1) is 18.0 Å². The topological polar surface area (TPSA) is 62.4 Å². The lowest BCUT2D eigenvalue weighted by Crippen LogP contribution is -2.22. The van der Waals surface area contributed by atoms with Gasteiger partial charge in [0.25, 0.3) is 0 Å². The van der Waals surface area contributed by atoms with Crippen LogP contribution in [0.25, 0.3) is 0 Å². The minimum Gasteiger partial charge on any atom is -0.397 e. The Morgan fingerprint density at radius 2 is 2.29 bits per heavy atom. The van der Waals surface area contributed by atoms with Crippen LogP contribution in [-0.4, -0.2) is 29.3 Å². The van der Waals surface area contributed by atoms with Gasteiger partial charge in [0, 0.05) is 19.0 Å². The first-order chi connectivity index (χ1) is 6.66. The Balaban J connectivity index is 2.13. The maximum Gasteiger partial charge on any atom is 0.128 e. The highest BCUT2D eigenvalue weighted by Crippen LogP contribution is 2.22. The normalized spacial score (nSPS) is 26.9. The molecule has 2 unspecified atom stereocenters. The van der Waals surface area contributed by atoms with E-state index >= 15 is 0 Å². The summed E-state index contributed by atoms with van der Waals surface area (Å²) in [5.41, 5.74) is 6.22. The van der Waals surface area contributed by atoms with Gasteiger partial charge in [-0.1, -0.05) is 6.92 Å². The number of anilines is 2. The summed E-state index contributed by atoms with van der Waals surface area (Å²) in [7, 11) is 0. The lowest BCUT2D eigenvalue weighted by Gasteiger charge is -2.16. The van der Waals surface area contributed by atoms with Crippen molar-refractivity contribution in [1.29, 1.82) is 0 Å². The molecule has 1 aliphatic heterocycles. The van der Waals surface area contributed by atoms with Crippen molar-refractivity contribution in [3.05, 3.63) is 18.3 Å². The number of hydrogen-bond donors (Lipinski definition) is 2. The molecule has 1 fully saturated rings. The summed E-state index contributed by atoms with van der Waals surface area (Å²) >= 11 is 0. The maximum atomic E-state index is 9.59. The number of nitrogens with zero attached hydrogens (tertiary/aromatic N) is 2. The fraction of sp³-hybridized carbons (Fsp3) is 0.500. The quantitative estimate of drug-likeness (QED) is 0.681. The molecule has 0 saturated carbocycles. The molecule has 0 aromatic carbocycles. The highest BCUT2D eigenvalue weighted by Gasteiger charge is 2.28. The Labute approximate surface area is 83.4 Å². The third kappa shape index (κ3) is 1.65. The number of pyridine rings is 1. The van der Waals surface area contributed by atoms with Crippen LogP contribution in [0.15, 0.2) is 18.3 Å². The molecule has 0 radical (unpaired) electrons. The number of hydrogen-bond acceptors (Lipinski definition) is 4. The van der Waals surface area contributed by atoms with Gasteiger partial charge in [-0.15, -0.1) is 0 Å². The molecule has 4 heteroatoms. The van der Waals surface area contributed by atoms with E-state index in [2.05, 4.69) is 9.88 Å². The number of aromatic nitrogens is 1. The van der Waals surface area contributed by atoms with Gasteiger partial charge in [-0.05, 0) is 12.1 Å². The summed E-state index contributed by atoms with van der Waals surface area (Å²) in [6, 6.07) is 3.72. The van der Waals surface area contributed by atoms with Gasteiger partial charge in [-0.3, -0.25) is 0 Å². The summed E-state index contributed by atoms with van der Waals surface area (Å²) in [5.74, 6) is 1.21. The van der Waals surface area contributed by atoms with Crippen molar-refractivity contribution >= 4 is 11.5 Å². The Morgan fingerprint density at radius 3 is 2.79 bits per heavy atom. The van der Waals surface area contributed by atoms with Crippen LogP contribution in [0, 0.1) is 5.92 Å². The largest absolute Gasteiger partial charge is 0.397 e. The van der Waals surface area contributed by atoms with Crippen molar-refractivity contribution in [2.75, 3.05) is 23.7 Å². The second-order valence-corrected chi connectivity index (χ2v) is 3.90. The molecule has 2 atom stereocenters. The summed E-state index contributed by atoms with van der Waals surface area (Å²) < 4.78 is 0. The number of nitrogens with two attached hydrogens (primary N) is 1. The number of nitrogen functional groups attached to an aromatic ring is 1. The lowest BCUT2D eigenvalue weighted by molar-refractivity contribution is 0.157. The third-order valence-corrected chi connectivity index (χ3v) is 2.67. The zero-order valence-corrected chi connectivity index (χ0v) is 8.22. The van der Waals surface area contributed by atoms with Crippen LogP contribution in [0.2, 0.25) is 0 Å². The first kappa shape index (κ1) is 9.27. The molecule has 2 heterocycles. The Morgan fingerprint density at radius 1 is 1.50 bits per heavy atom. The first-order valence-corrected chi connectivity index (χ1v) is 4.81. The zero-order chi connectivity index (χ0) is 10.1. The third-order valence-electron chi connectivity index (χ3n) is 2.67. The molecule has 1 aromatic heterocycles. The molecule has 1 saturated heterocycles. The summed E-state index contributed by atoms with van der Waals surface area (Å²) in [6.45, 7) is 3.57. The van der Waals surface area contributed by atoms with E-state index in [1.54, 1.807) is 6.20 Å². The minimum absolute atomic E-state index is 0.241. The maximum absolute atomic E-state index is 9.59. The fourth-order valence-electron chi connectivity index (χ4n) is 1.72. The monoisotopic (exact) mass is 193 g/mol. The van der Waals surface area contributed by atoms with E-state index in [-0.39, 0.29) is 6.10 Å². The Kier molecular flexibility index (Phi) is 2.29. The molecule has 1 aromatic rings. The Bertz CT molecular complexity index is 302. The van der Waals surface area contributed by atoms with Gasteiger partial charge in [0.1, 0.15) is 5.82 Å². The second kappa shape index (κ2) is 3.46. The van der Waals surface area contributed by atoms with Crippen molar-refractivity contribution in [3.63, 3.8) is 0 Å². The van der Waals surface area contributed by atoms with Gasteiger partial charge >= 0.3 is 0 Å². The van der Waals surface area contributed by atoms with E-state index in [0.717, 1.165) is 12.4 Å². The average Bonchev–Trinajstić information content (AvgIpc) is 2.48. The minimum atomic E-state index is -0.241. The lowest BCUT2D eigenvalue weighted by atomic mass is 10.1. The van der Waals surface area contributed by atoms with E-state index < -0.39 is 0 Å². The van der Waals surface area contributed by atoms with Gasteiger partial charge in [-0.2, -0.15) is 0 Å². The average molecular weight is 193 g/mol. The van der Waals surface area contributed by atoms with Gasteiger partial charge in [0.2, 0.25) is 0 Å². The van der Waals surface area contributed by atoms with E-state index in [1.165, 1.54) is 0 Å². The number of aliphatic hydroxyl groups is 1. The van der Waals surface area contributed by atoms with E-state index in [1.807, 2.05) is 19.1 Å². The van der Waals surface area contributed by atoms with E-state index in [0.29, 0.717) is 18.2 Å². The van der Waals surface area contributed by atoms with Crippen LogP contribution in [0.1, 0.15) is 6.92 Å². The van der Waals surface area contributed by atoms with Crippen molar-refractivity contribution < 1.29 is 5.11 Å². The molecule has 4 nitrogen and oxygen atoms in total. The molecule has 2 rings (SSSR count). The van der Waals surface area contributed by atoms with Crippen LogP contribution in [0.5, 0.6) is 0 Å². The fourth-order valence-corrected chi connectivity index (χ4v) is 1.72. The molecule has 1 aliphatic rings. The van der Waals surface area contributed by atoms with Crippen LogP contribution in [-0.2, 0) is 0 Å². The molecule has 0 spiro atoms. The molecule has 0 aliphatic carbocycles.